The fourth-order valence-corrected chi connectivity index (χ4v) is 2.38. The maximum absolute atomic E-state index is 13.9. The van der Waals surface area contributed by atoms with E-state index in [1.807, 2.05) is 0 Å². The van der Waals surface area contributed by atoms with E-state index in [9.17, 15) is 13.6 Å². The highest BCUT2D eigenvalue weighted by atomic mass is 19.1. The first kappa shape index (κ1) is 12.5. The second-order valence-electron chi connectivity index (χ2n) is 4.71. The van der Waals surface area contributed by atoms with Crippen molar-refractivity contribution >= 4 is 17.2 Å². The number of aldehydes is 1. The SMILES string of the molecule is Cc1cc(F)c2[nH]c(-c3ccc(F)cc3)c(C=O)c2c1. The predicted octanol–water partition coefficient (Wildman–Crippen LogP) is 4.23. The van der Waals surface area contributed by atoms with E-state index < -0.39 is 5.82 Å². The highest BCUT2D eigenvalue weighted by molar-refractivity contribution is 6.04. The summed E-state index contributed by atoms with van der Waals surface area (Å²) in [6.07, 6.45) is 0.691. The van der Waals surface area contributed by atoms with Crippen LogP contribution in [0.4, 0.5) is 8.78 Å². The largest absolute Gasteiger partial charge is 0.352 e. The molecule has 0 radical (unpaired) electrons. The van der Waals surface area contributed by atoms with E-state index >= 15 is 0 Å². The summed E-state index contributed by atoms with van der Waals surface area (Å²) in [5.41, 5.74) is 2.55. The van der Waals surface area contributed by atoms with Gasteiger partial charge in [0.25, 0.3) is 0 Å². The third-order valence-corrected chi connectivity index (χ3v) is 3.29. The van der Waals surface area contributed by atoms with Crippen LogP contribution in [0.3, 0.4) is 0 Å². The number of carbonyl (C=O) groups excluding carboxylic acids is 1. The molecule has 0 bridgehead atoms. The predicted molar refractivity (Wildman–Crippen MR) is 73.8 cm³/mol. The van der Waals surface area contributed by atoms with Crippen LogP contribution < -0.4 is 0 Å². The van der Waals surface area contributed by atoms with Gasteiger partial charge >= 0.3 is 0 Å². The van der Waals surface area contributed by atoms with Gasteiger partial charge in [0.1, 0.15) is 11.6 Å². The van der Waals surface area contributed by atoms with Gasteiger partial charge in [-0.15, -0.1) is 0 Å². The third-order valence-electron chi connectivity index (χ3n) is 3.29. The Kier molecular flexibility index (Phi) is 2.86. The van der Waals surface area contributed by atoms with E-state index in [2.05, 4.69) is 4.98 Å². The van der Waals surface area contributed by atoms with Gasteiger partial charge in [0.2, 0.25) is 0 Å². The number of rotatable bonds is 2. The Morgan fingerprint density at radius 3 is 2.45 bits per heavy atom. The molecular weight excluding hydrogens is 260 g/mol. The molecule has 1 N–H and O–H groups in total. The van der Waals surface area contributed by atoms with E-state index in [0.29, 0.717) is 28.5 Å². The molecule has 0 spiro atoms. The van der Waals surface area contributed by atoms with Crippen LogP contribution in [0, 0.1) is 18.6 Å². The minimum atomic E-state index is -0.406. The van der Waals surface area contributed by atoms with Crippen LogP contribution in [-0.4, -0.2) is 11.3 Å². The van der Waals surface area contributed by atoms with Crippen LogP contribution in [0.5, 0.6) is 0 Å². The lowest BCUT2D eigenvalue weighted by molar-refractivity contribution is 0.112. The molecule has 0 aliphatic carbocycles. The van der Waals surface area contributed by atoms with Gasteiger partial charge < -0.3 is 4.98 Å². The van der Waals surface area contributed by atoms with Crippen LogP contribution >= 0.6 is 0 Å². The molecule has 0 amide bonds. The molecule has 100 valence electrons. The second kappa shape index (κ2) is 4.56. The fraction of sp³-hybridized carbons (Fsp3) is 0.0625. The van der Waals surface area contributed by atoms with E-state index in [1.54, 1.807) is 25.1 Å². The fourth-order valence-electron chi connectivity index (χ4n) is 2.38. The van der Waals surface area contributed by atoms with Gasteiger partial charge in [0.15, 0.2) is 6.29 Å². The van der Waals surface area contributed by atoms with E-state index in [-0.39, 0.29) is 11.3 Å². The smallest absolute Gasteiger partial charge is 0.152 e. The van der Waals surface area contributed by atoms with Gasteiger partial charge in [0, 0.05) is 10.9 Å². The van der Waals surface area contributed by atoms with Crippen LogP contribution in [-0.2, 0) is 0 Å². The molecule has 0 aliphatic heterocycles. The van der Waals surface area contributed by atoms with Crippen LogP contribution in [0.25, 0.3) is 22.2 Å². The number of aryl methyl sites for hydroxylation is 1. The summed E-state index contributed by atoms with van der Waals surface area (Å²) in [6, 6.07) is 8.87. The van der Waals surface area contributed by atoms with Gasteiger partial charge in [0.05, 0.1) is 11.2 Å². The summed E-state index contributed by atoms with van der Waals surface area (Å²) < 4.78 is 26.9. The molecule has 0 atom stereocenters. The number of hydrogen-bond donors (Lipinski definition) is 1. The number of H-pyrrole nitrogens is 1. The van der Waals surface area contributed by atoms with Gasteiger partial charge in [-0.25, -0.2) is 8.78 Å². The molecule has 2 aromatic carbocycles. The zero-order valence-corrected chi connectivity index (χ0v) is 10.7. The minimum Gasteiger partial charge on any atom is -0.352 e. The number of nitrogens with one attached hydrogen (secondary N) is 1. The van der Waals surface area contributed by atoms with E-state index in [4.69, 9.17) is 0 Å². The van der Waals surface area contributed by atoms with Gasteiger partial charge in [-0.3, -0.25) is 4.79 Å². The molecule has 0 fully saturated rings. The zero-order valence-electron chi connectivity index (χ0n) is 10.7. The average molecular weight is 271 g/mol. The van der Waals surface area contributed by atoms with Crippen molar-refractivity contribution in [2.24, 2.45) is 0 Å². The molecule has 1 heterocycles. The first-order valence-electron chi connectivity index (χ1n) is 6.13. The van der Waals surface area contributed by atoms with Crippen LogP contribution in [0.15, 0.2) is 36.4 Å². The first-order chi connectivity index (χ1) is 9.60. The average Bonchev–Trinajstić information content (AvgIpc) is 2.78. The highest BCUT2D eigenvalue weighted by Crippen LogP contribution is 2.31. The maximum Gasteiger partial charge on any atom is 0.152 e. The number of hydrogen-bond acceptors (Lipinski definition) is 1. The molecule has 20 heavy (non-hydrogen) atoms. The van der Waals surface area contributed by atoms with Crippen molar-refractivity contribution in [2.45, 2.75) is 6.92 Å². The van der Waals surface area contributed by atoms with Gasteiger partial charge in [-0.1, -0.05) is 0 Å². The molecule has 3 aromatic rings. The summed E-state index contributed by atoms with van der Waals surface area (Å²) in [6.45, 7) is 1.77. The number of carbonyl (C=O) groups is 1. The van der Waals surface area contributed by atoms with Crippen molar-refractivity contribution in [1.82, 2.24) is 4.98 Å². The second-order valence-corrected chi connectivity index (χ2v) is 4.71. The molecule has 0 saturated carbocycles. The summed E-state index contributed by atoms with van der Waals surface area (Å²) in [7, 11) is 0. The summed E-state index contributed by atoms with van der Waals surface area (Å²) >= 11 is 0. The molecular formula is C16H11F2NO. The van der Waals surface area contributed by atoms with Crippen molar-refractivity contribution < 1.29 is 13.6 Å². The highest BCUT2D eigenvalue weighted by Gasteiger charge is 2.15. The Balaban J connectivity index is 2.33. The van der Waals surface area contributed by atoms with Crippen molar-refractivity contribution in [2.75, 3.05) is 0 Å². The van der Waals surface area contributed by atoms with Crippen molar-refractivity contribution in [3.63, 3.8) is 0 Å². The van der Waals surface area contributed by atoms with Gasteiger partial charge in [-0.05, 0) is 54.4 Å². The van der Waals surface area contributed by atoms with Crippen LogP contribution in [0.2, 0.25) is 0 Å². The molecule has 0 unspecified atom stereocenters. The number of benzene rings is 2. The molecule has 3 rings (SSSR count). The zero-order chi connectivity index (χ0) is 14.3. The molecule has 0 saturated heterocycles. The quantitative estimate of drug-likeness (QED) is 0.695. The van der Waals surface area contributed by atoms with E-state index in [1.165, 1.54) is 18.2 Å². The topological polar surface area (TPSA) is 32.9 Å². The Morgan fingerprint density at radius 1 is 1.10 bits per heavy atom. The van der Waals surface area contributed by atoms with Crippen molar-refractivity contribution in [3.8, 4) is 11.3 Å². The Labute approximate surface area is 114 Å². The number of fused-ring (bicyclic) bond motifs is 1. The molecule has 1 aromatic heterocycles. The Hall–Kier alpha value is -2.49. The third kappa shape index (κ3) is 1.90. The summed E-state index contributed by atoms with van der Waals surface area (Å²) in [5, 5.41) is 0.539. The lowest BCUT2D eigenvalue weighted by Gasteiger charge is -1.99. The van der Waals surface area contributed by atoms with E-state index in [0.717, 1.165) is 5.56 Å². The van der Waals surface area contributed by atoms with Crippen molar-refractivity contribution in [1.29, 1.82) is 0 Å². The van der Waals surface area contributed by atoms with Crippen LogP contribution in [0.1, 0.15) is 15.9 Å². The normalized spacial score (nSPS) is 10.9. The summed E-state index contributed by atoms with van der Waals surface area (Å²) in [5.74, 6) is -0.768. The maximum atomic E-state index is 13.9. The standard InChI is InChI=1S/C16H11F2NO/c1-9-6-12-13(8-20)15(19-16(12)14(18)7-9)10-2-4-11(17)5-3-10/h2-8,19H,1H3. The molecule has 4 heteroatoms. The monoisotopic (exact) mass is 271 g/mol. The number of aromatic amines is 1. The Bertz CT molecular complexity index is 803. The lowest BCUT2D eigenvalue weighted by Crippen LogP contribution is -1.85. The first-order valence-corrected chi connectivity index (χ1v) is 6.13. The van der Waals surface area contributed by atoms with Gasteiger partial charge in [-0.2, -0.15) is 0 Å². The number of aromatic nitrogens is 1. The lowest BCUT2D eigenvalue weighted by atomic mass is 10.0. The number of halogens is 2. The minimum absolute atomic E-state index is 0.289. The summed E-state index contributed by atoms with van der Waals surface area (Å²) in [4.78, 5) is 14.3. The Morgan fingerprint density at radius 2 is 1.80 bits per heavy atom. The molecule has 0 aliphatic rings. The van der Waals surface area contributed by atoms with Crippen molar-refractivity contribution in [3.05, 3.63) is 59.2 Å². The molecule has 2 nitrogen and oxygen atoms in total.